The van der Waals surface area contributed by atoms with Crippen molar-refractivity contribution in [2.24, 2.45) is 5.41 Å². The fraction of sp³-hybridized carbons (Fsp3) is 0.588. The number of aliphatic hydroxyl groups excluding tert-OH is 2. The first-order chi connectivity index (χ1) is 28.8. The topological polar surface area (TPSA) is 364 Å². The number of carbonyl (C=O) groups is 3. The summed E-state index contributed by atoms with van der Waals surface area (Å²) in [5.74, 6) is -1.05. The first-order valence-electron chi connectivity index (χ1n) is 19.0. The van der Waals surface area contributed by atoms with Crippen molar-refractivity contribution < 1.29 is 80.5 Å². The van der Waals surface area contributed by atoms with Crippen LogP contribution in [0, 0.1) is 5.41 Å². The molecule has 3 aromatic rings. The summed E-state index contributed by atoms with van der Waals surface area (Å²) in [5.41, 5.74) is 6.36. The highest BCUT2D eigenvalue weighted by molar-refractivity contribution is 8.13. The van der Waals surface area contributed by atoms with Gasteiger partial charge in [0.1, 0.15) is 36.3 Å². The maximum Gasteiger partial charge on any atom is 0.481 e. The second kappa shape index (κ2) is 21.6. The number of hydrogen-bond acceptors (Lipinski definition) is 18. The van der Waals surface area contributed by atoms with Gasteiger partial charge in [-0.05, 0) is 23.5 Å². The molecule has 0 spiro atoms. The van der Waals surface area contributed by atoms with E-state index in [0.29, 0.717) is 11.7 Å². The van der Waals surface area contributed by atoms with Crippen LogP contribution in [0.1, 0.15) is 76.7 Å². The number of fused-ring (bicyclic) bond motifs is 1. The maximum atomic E-state index is 12.7. The van der Waals surface area contributed by atoms with E-state index in [-0.39, 0.29) is 47.5 Å². The van der Waals surface area contributed by atoms with Crippen molar-refractivity contribution in [3.8, 4) is 0 Å². The Morgan fingerprint density at radius 3 is 2.27 bits per heavy atom. The second-order valence-corrected chi connectivity index (χ2v) is 20.3. The van der Waals surface area contributed by atoms with Crippen LogP contribution in [0.4, 0.5) is 5.82 Å². The molecule has 24 nitrogen and oxygen atoms in total. The van der Waals surface area contributed by atoms with E-state index >= 15 is 0 Å². The number of hydrogen-bond donors (Lipinski definition) is 9. The van der Waals surface area contributed by atoms with Crippen molar-refractivity contribution in [3.63, 3.8) is 0 Å². The van der Waals surface area contributed by atoms with E-state index in [2.05, 4.69) is 48.3 Å². The van der Waals surface area contributed by atoms with Gasteiger partial charge in [0.15, 0.2) is 22.8 Å². The molecule has 10 N–H and O–H groups in total. The minimum absolute atomic E-state index is 0.0297. The minimum Gasteiger partial charge on any atom is -0.386 e. The summed E-state index contributed by atoms with van der Waals surface area (Å²) in [6.45, 7) is 6.54. The van der Waals surface area contributed by atoms with E-state index in [9.17, 15) is 57.9 Å². The lowest BCUT2D eigenvalue weighted by molar-refractivity contribution is -0.137. The van der Waals surface area contributed by atoms with Gasteiger partial charge in [-0.1, -0.05) is 70.6 Å². The fourth-order valence-electron chi connectivity index (χ4n) is 5.89. The van der Waals surface area contributed by atoms with Crippen LogP contribution in [0.2, 0.25) is 0 Å². The molecule has 0 saturated carbocycles. The molecule has 62 heavy (non-hydrogen) atoms. The van der Waals surface area contributed by atoms with E-state index in [0.717, 1.165) is 41.0 Å². The monoisotopic (exact) mass is 955 g/mol. The van der Waals surface area contributed by atoms with Crippen LogP contribution in [0.3, 0.4) is 0 Å². The van der Waals surface area contributed by atoms with E-state index in [1.54, 1.807) is 0 Å². The molecule has 0 radical (unpaired) electrons. The van der Waals surface area contributed by atoms with Crippen LogP contribution in [0.15, 0.2) is 36.9 Å². The van der Waals surface area contributed by atoms with Gasteiger partial charge in [-0.2, -0.15) is 4.31 Å². The molecule has 1 saturated heterocycles. The number of phosphoric ester groups is 3. The number of thioether (sulfide) groups is 1. The number of nitrogens with zero attached hydrogens (tertiary/aromatic N) is 4. The van der Waals surface area contributed by atoms with Gasteiger partial charge in [0.2, 0.25) is 11.8 Å². The van der Waals surface area contributed by atoms with Gasteiger partial charge in [0.25, 0.3) is 0 Å². The number of nitrogen functional groups attached to an aromatic ring is 1. The lowest BCUT2D eigenvalue weighted by Crippen LogP contribution is -2.46. The molecule has 28 heteroatoms. The summed E-state index contributed by atoms with van der Waals surface area (Å²) in [4.78, 5) is 88.8. The zero-order valence-corrected chi connectivity index (χ0v) is 37.7. The van der Waals surface area contributed by atoms with Crippen LogP contribution in [-0.4, -0.2) is 123 Å². The van der Waals surface area contributed by atoms with Crippen LogP contribution < -0.4 is 16.4 Å². The molecule has 2 amide bonds. The largest absolute Gasteiger partial charge is 0.481 e. The minimum atomic E-state index is -5.58. The Kier molecular flexibility index (Phi) is 17.9. The van der Waals surface area contributed by atoms with Crippen LogP contribution in [-0.2, 0) is 50.7 Å². The van der Waals surface area contributed by atoms with Crippen molar-refractivity contribution in [2.75, 3.05) is 37.8 Å². The number of aliphatic hydroxyl groups is 2. The molecular weight excluding hydrogens is 903 g/mol. The molecular formula is C34H52N7O17P3S. The van der Waals surface area contributed by atoms with Gasteiger partial charge in [0, 0.05) is 30.7 Å². The van der Waals surface area contributed by atoms with E-state index in [1.807, 2.05) is 31.2 Å². The number of rotatable bonds is 23. The average Bonchev–Trinajstić information content (AvgIpc) is 3.76. The zero-order valence-electron chi connectivity index (χ0n) is 34.2. The number of ether oxygens (including phenoxy) is 1. The molecule has 9 atom stereocenters. The van der Waals surface area contributed by atoms with Crippen LogP contribution >= 0.6 is 35.2 Å². The van der Waals surface area contributed by atoms with Gasteiger partial charge >= 0.3 is 23.5 Å². The Bertz CT molecular complexity index is 2180. The molecule has 4 rings (SSSR count). The normalized spacial score (nSPS) is 21.7. The number of nitrogens with one attached hydrogen (secondary N) is 2. The quantitative estimate of drug-likeness (QED) is 0.0484. The predicted octanol–water partition coefficient (Wildman–Crippen LogP) is 1.98. The summed E-state index contributed by atoms with van der Waals surface area (Å²) in [6, 6.07) is 7.95. The second-order valence-electron chi connectivity index (χ2n) is 14.9. The highest BCUT2D eigenvalue weighted by atomic mass is 32.2. The first kappa shape index (κ1) is 51.4. The molecule has 4 unspecified atom stereocenters. The molecule has 0 bridgehead atoms. The van der Waals surface area contributed by atoms with Gasteiger partial charge in [-0.3, -0.25) is 32.5 Å². The number of benzene rings is 1. The number of amides is 2. The number of nitrogens with two attached hydrogens (primary N) is 1. The van der Waals surface area contributed by atoms with E-state index < -0.39 is 84.6 Å². The van der Waals surface area contributed by atoms with Crippen LogP contribution in [0.25, 0.3) is 11.2 Å². The predicted molar refractivity (Wildman–Crippen MR) is 221 cm³/mol. The Labute approximate surface area is 360 Å². The van der Waals surface area contributed by atoms with Gasteiger partial charge in [0.05, 0.1) is 25.5 Å². The molecule has 1 fully saturated rings. The average molecular weight is 956 g/mol. The summed E-state index contributed by atoms with van der Waals surface area (Å²) in [5, 5.41) is 26.5. The Hall–Kier alpha value is -3.22. The molecule has 1 aliphatic rings. The van der Waals surface area contributed by atoms with Gasteiger partial charge in [-0.25, -0.2) is 28.6 Å². The SMILES string of the molecule is CCC(C)c1ccc([C@@H](C)C(=O)SCCNC(=O)CCNC(=O)C(O)C(C)(C)COP(=O)(O)OP(=O)(O)OC[C@H]2O[C@@H](n3cnc4c(N)ncnc43)[C@H](O)[C@@H]2OP(=O)(O)O)cc1. The fourth-order valence-corrected chi connectivity index (χ4v) is 9.51. The number of carbonyl (C=O) groups excluding carboxylic acids is 3. The highest BCUT2D eigenvalue weighted by Crippen LogP contribution is 2.61. The summed E-state index contributed by atoms with van der Waals surface area (Å²) in [7, 11) is -16.4. The Balaban J connectivity index is 1.20. The molecule has 0 aliphatic carbocycles. The number of anilines is 1. The van der Waals surface area contributed by atoms with Gasteiger partial charge < -0.3 is 50.9 Å². The molecule has 1 aromatic carbocycles. The molecule has 1 aliphatic heterocycles. The van der Waals surface area contributed by atoms with E-state index in [4.69, 9.17) is 19.5 Å². The lowest BCUT2D eigenvalue weighted by atomic mass is 9.87. The summed E-state index contributed by atoms with van der Waals surface area (Å²) in [6.07, 6.45) is -5.93. The Morgan fingerprint density at radius 1 is 0.984 bits per heavy atom. The van der Waals surface area contributed by atoms with Crippen molar-refractivity contribution in [2.45, 2.75) is 89.9 Å². The van der Waals surface area contributed by atoms with E-state index in [1.165, 1.54) is 19.4 Å². The maximum absolute atomic E-state index is 12.7. The van der Waals surface area contributed by atoms with Crippen molar-refractivity contribution in [1.29, 1.82) is 0 Å². The zero-order chi connectivity index (χ0) is 46.2. The number of imidazole rings is 1. The lowest BCUT2D eigenvalue weighted by Gasteiger charge is -2.30. The third-order valence-electron chi connectivity index (χ3n) is 9.72. The third kappa shape index (κ3) is 14.4. The number of phosphoric acid groups is 3. The smallest absolute Gasteiger partial charge is 0.386 e. The Morgan fingerprint density at radius 2 is 1.63 bits per heavy atom. The standard InChI is InChI=1S/C34H52N7O17P3S/c1-6-19(2)21-7-9-22(10-8-21)20(3)33(46)62-14-13-36-24(42)11-12-37-31(45)28(44)34(4,5)16-55-61(52,53)58-60(50,51)54-15-23-27(57-59(47,48)49)26(43)32(56-23)41-18-40-25-29(35)38-17-39-30(25)41/h7-10,17-20,23,26-28,32,43-44H,6,11-16H2,1-5H3,(H,36,42)(H,37,45)(H,50,51)(H,52,53)(H2,35,38,39)(H2,47,48,49)/t19?,20-,23-,26-,27-,28?,32-/m1/s1. The first-order valence-corrected chi connectivity index (χ1v) is 24.5. The highest BCUT2D eigenvalue weighted by Gasteiger charge is 2.50. The van der Waals surface area contributed by atoms with Crippen molar-refractivity contribution >= 4 is 69.1 Å². The molecule has 2 aromatic heterocycles. The van der Waals surface area contributed by atoms with Crippen LogP contribution in [0.5, 0.6) is 0 Å². The van der Waals surface area contributed by atoms with Crippen molar-refractivity contribution in [1.82, 2.24) is 30.2 Å². The van der Waals surface area contributed by atoms with Gasteiger partial charge in [-0.15, -0.1) is 0 Å². The molecule has 3 heterocycles. The van der Waals surface area contributed by atoms with Crippen molar-refractivity contribution in [3.05, 3.63) is 48.0 Å². The number of aromatic nitrogens is 4. The molecule has 346 valence electrons. The third-order valence-corrected chi connectivity index (χ3v) is 13.9. The summed E-state index contributed by atoms with van der Waals surface area (Å²) < 4.78 is 62.3. The summed E-state index contributed by atoms with van der Waals surface area (Å²) >= 11 is 1.09.